The first kappa shape index (κ1) is 12.7. The van der Waals surface area contributed by atoms with E-state index in [9.17, 15) is 4.79 Å². The summed E-state index contributed by atoms with van der Waals surface area (Å²) in [4.78, 5) is 13.7. The fourth-order valence-electron chi connectivity index (χ4n) is 2.06. The maximum absolute atomic E-state index is 11.5. The van der Waals surface area contributed by atoms with Crippen molar-refractivity contribution in [3.63, 3.8) is 0 Å². The minimum atomic E-state index is -0.128. The standard InChI is InChI=1S/C10H14ClN3O2S/c1-16-10(15)7-3-2-4-14(5-7)6-8-9(11)17-13-12-8/h7H,2-6H2,1H3/t7-/m0/s1. The molecular weight excluding hydrogens is 262 g/mol. The molecule has 1 saturated heterocycles. The molecule has 1 fully saturated rings. The van der Waals surface area contributed by atoms with Crippen molar-refractivity contribution in [2.75, 3.05) is 20.2 Å². The Morgan fingerprint density at radius 3 is 3.18 bits per heavy atom. The van der Waals surface area contributed by atoms with E-state index in [4.69, 9.17) is 16.3 Å². The third kappa shape index (κ3) is 3.14. The van der Waals surface area contributed by atoms with E-state index < -0.39 is 0 Å². The van der Waals surface area contributed by atoms with E-state index in [2.05, 4.69) is 14.5 Å². The number of piperidine rings is 1. The van der Waals surface area contributed by atoms with Crippen LogP contribution in [-0.2, 0) is 16.1 Å². The van der Waals surface area contributed by atoms with Crippen molar-refractivity contribution in [1.29, 1.82) is 0 Å². The second kappa shape index (κ2) is 5.75. The molecule has 1 aromatic rings. The number of halogens is 1. The first-order valence-electron chi connectivity index (χ1n) is 5.47. The molecule has 0 radical (unpaired) electrons. The maximum atomic E-state index is 11.5. The maximum Gasteiger partial charge on any atom is 0.309 e. The summed E-state index contributed by atoms with van der Waals surface area (Å²) in [6, 6.07) is 0. The Morgan fingerprint density at radius 1 is 1.71 bits per heavy atom. The van der Waals surface area contributed by atoms with Crippen LogP contribution in [0.3, 0.4) is 0 Å². The normalized spacial score (nSPS) is 21.4. The molecule has 0 aliphatic carbocycles. The molecule has 1 atom stereocenters. The monoisotopic (exact) mass is 275 g/mol. The highest BCUT2D eigenvalue weighted by Crippen LogP contribution is 2.23. The first-order valence-corrected chi connectivity index (χ1v) is 6.62. The number of carbonyl (C=O) groups is 1. The summed E-state index contributed by atoms with van der Waals surface area (Å²) in [6.07, 6.45) is 1.89. The fraction of sp³-hybridized carbons (Fsp3) is 0.700. The van der Waals surface area contributed by atoms with Crippen LogP contribution in [0.1, 0.15) is 18.5 Å². The Hall–Kier alpha value is -0.720. The van der Waals surface area contributed by atoms with Crippen molar-refractivity contribution < 1.29 is 9.53 Å². The molecule has 17 heavy (non-hydrogen) atoms. The van der Waals surface area contributed by atoms with E-state index in [1.54, 1.807) is 0 Å². The molecule has 0 N–H and O–H groups in total. The molecule has 7 heteroatoms. The molecule has 94 valence electrons. The van der Waals surface area contributed by atoms with Crippen LogP contribution < -0.4 is 0 Å². The zero-order valence-electron chi connectivity index (χ0n) is 9.56. The summed E-state index contributed by atoms with van der Waals surface area (Å²) in [6.45, 7) is 2.32. The number of likely N-dealkylation sites (tertiary alicyclic amines) is 1. The smallest absolute Gasteiger partial charge is 0.309 e. The number of rotatable bonds is 3. The molecule has 0 spiro atoms. The van der Waals surface area contributed by atoms with Crippen LogP contribution in [0.2, 0.25) is 4.34 Å². The van der Waals surface area contributed by atoms with Crippen LogP contribution in [0.25, 0.3) is 0 Å². The van der Waals surface area contributed by atoms with Gasteiger partial charge in [0, 0.05) is 24.6 Å². The highest BCUT2D eigenvalue weighted by molar-refractivity contribution is 7.10. The number of ether oxygens (including phenoxy) is 1. The van der Waals surface area contributed by atoms with Gasteiger partial charge in [-0.2, -0.15) is 0 Å². The van der Waals surface area contributed by atoms with Crippen molar-refractivity contribution in [3.05, 3.63) is 10.0 Å². The molecule has 5 nitrogen and oxygen atoms in total. The molecule has 1 aromatic heterocycles. The third-order valence-electron chi connectivity index (χ3n) is 2.92. The lowest BCUT2D eigenvalue weighted by Crippen LogP contribution is -2.38. The highest BCUT2D eigenvalue weighted by atomic mass is 35.5. The van der Waals surface area contributed by atoms with Crippen LogP contribution in [-0.4, -0.2) is 40.7 Å². The van der Waals surface area contributed by atoms with Crippen LogP contribution >= 0.6 is 23.1 Å². The number of methoxy groups -OCH3 is 1. The minimum Gasteiger partial charge on any atom is -0.469 e. The molecule has 0 bridgehead atoms. The van der Waals surface area contributed by atoms with Gasteiger partial charge in [0.25, 0.3) is 0 Å². The average molecular weight is 276 g/mol. The van der Waals surface area contributed by atoms with E-state index in [1.165, 1.54) is 18.6 Å². The van der Waals surface area contributed by atoms with Gasteiger partial charge in [0.1, 0.15) is 10.0 Å². The zero-order chi connectivity index (χ0) is 12.3. The summed E-state index contributed by atoms with van der Waals surface area (Å²) in [5.74, 6) is -0.156. The fourth-order valence-corrected chi connectivity index (χ4v) is 2.67. The molecule has 0 unspecified atom stereocenters. The van der Waals surface area contributed by atoms with E-state index in [1.807, 2.05) is 0 Å². The predicted octanol–water partition coefficient (Wildman–Crippen LogP) is 1.58. The Morgan fingerprint density at radius 2 is 2.53 bits per heavy atom. The van der Waals surface area contributed by atoms with Crippen molar-refractivity contribution in [1.82, 2.24) is 14.5 Å². The molecule has 0 aromatic carbocycles. The second-order valence-corrected chi connectivity index (χ2v) is 5.45. The molecule has 0 amide bonds. The van der Waals surface area contributed by atoms with Gasteiger partial charge in [-0.1, -0.05) is 16.1 Å². The Labute approximate surface area is 109 Å². The molecule has 2 heterocycles. The van der Waals surface area contributed by atoms with E-state index in [-0.39, 0.29) is 11.9 Å². The minimum absolute atomic E-state index is 0.0286. The summed E-state index contributed by atoms with van der Waals surface area (Å²) in [7, 11) is 1.43. The molecule has 2 rings (SSSR count). The predicted molar refractivity (Wildman–Crippen MR) is 64.9 cm³/mol. The lowest BCUT2D eigenvalue weighted by Gasteiger charge is -2.30. The number of aromatic nitrogens is 2. The van der Waals surface area contributed by atoms with Crippen LogP contribution in [0.4, 0.5) is 0 Å². The summed E-state index contributed by atoms with van der Waals surface area (Å²) in [5.41, 5.74) is 0.794. The zero-order valence-corrected chi connectivity index (χ0v) is 11.1. The van der Waals surface area contributed by atoms with Gasteiger partial charge in [-0.25, -0.2) is 0 Å². The van der Waals surface area contributed by atoms with Gasteiger partial charge in [0.05, 0.1) is 13.0 Å². The molecule has 1 aliphatic rings. The molecule has 1 aliphatic heterocycles. The van der Waals surface area contributed by atoms with E-state index in [0.29, 0.717) is 17.4 Å². The molecular formula is C10H14ClN3O2S. The van der Waals surface area contributed by atoms with Gasteiger partial charge in [-0.05, 0) is 19.4 Å². The van der Waals surface area contributed by atoms with Gasteiger partial charge < -0.3 is 4.74 Å². The van der Waals surface area contributed by atoms with Crippen molar-refractivity contribution in [2.24, 2.45) is 5.92 Å². The van der Waals surface area contributed by atoms with Crippen molar-refractivity contribution in [2.45, 2.75) is 19.4 Å². The molecule has 0 saturated carbocycles. The second-order valence-electron chi connectivity index (χ2n) is 4.09. The highest BCUT2D eigenvalue weighted by Gasteiger charge is 2.27. The summed E-state index contributed by atoms with van der Waals surface area (Å²) in [5, 5.41) is 3.98. The van der Waals surface area contributed by atoms with Crippen LogP contribution in [0, 0.1) is 5.92 Å². The van der Waals surface area contributed by atoms with Crippen molar-refractivity contribution in [3.8, 4) is 0 Å². The van der Waals surface area contributed by atoms with Gasteiger partial charge in [0.15, 0.2) is 0 Å². The quantitative estimate of drug-likeness (QED) is 0.784. The number of carbonyl (C=O) groups excluding carboxylic acids is 1. The van der Waals surface area contributed by atoms with Gasteiger partial charge in [-0.3, -0.25) is 9.69 Å². The van der Waals surface area contributed by atoms with Crippen LogP contribution in [0.5, 0.6) is 0 Å². The number of nitrogens with zero attached hydrogens (tertiary/aromatic N) is 3. The lowest BCUT2D eigenvalue weighted by atomic mass is 9.98. The number of hydrogen-bond donors (Lipinski definition) is 0. The number of esters is 1. The van der Waals surface area contributed by atoms with Crippen LogP contribution in [0.15, 0.2) is 0 Å². The van der Waals surface area contributed by atoms with Gasteiger partial charge in [-0.15, -0.1) is 5.10 Å². The average Bonchev–Trinajstić information content (AvgIpc) is 2.74. The van der Waals surface area contributed by atoms with Crippen molar-refractivity contribution >= 4 is 29.1 Å². The lowest BCUT2D eigenvalue weighted by molar-refractivity contribution is -0.147. The Bertz CT molecular complexity index is 399. The van der Waals surface area contributed by atoms with E-state index >= 15 is 0 Å². The van der Waals surface area contributed by atoms with Gasteiger partial charge >= 0.3 is 5.97 Å². The topological polar surface area (TPSA) is 55.3 Å². The number of hydrogen-bond acceptors (Lipinski definition) is 6. The van der Waals surface area contributed by atoms with Gasteiger partial charge in [0.2, 0.25) is 0 Å². The SMILES string of the molecule is COC(=O)[C@H]1CCCN(Cc2nnsc2Cl)C1. The summed E-state index contributed by atoms with van der Waals surface area (Å²) >= 11 is 7.15. The Balaban J connectivity index is 1.94. The summed E-state index contributed by atoms with van der Waals surface area (Å²) < 4.78 is 9.21. The largest absolute Gasteiger partial charge is 0.469 e. The first-order chi connectivity index (χ1) is 8.20. The van der Waals surface area contributed by atoms with E-state index in [0.717, 1.165) is 25.1 Å². The Kier molecular flexibility index (Phi) is 4.31. The third-order valence-corrected chi connectivity index (χ3v) is 3.91.